The van der Waals surface area contributed by atoms with E-state index in [9.17, 15) is 9.90 Å². The van der Waals surface area contributed by atoms with Crippen molar-refractivity contribution in [2.45, 2.75) is 44.3 Å². The van der Waals surface area contributed by atoms with Crippen LogP contribution in [0.5, 0.6) is 5.75 Å². The minimum Gasteiger partial charge on any atom is -0.497 e. The number of hydrogen-bond donors (Lipinski definition) is 1. The first-order chi connectivity index (χ1) is 9.64. The van der Waals surface area contributed by atoms with Gasteiger partial charge in [-0.2, -0.15) is 0 Å². The van der Waals surface area contributed by atoms with E-state index in [2.05, 4.69) is 0 Å². The number of aryl methyl sites for hydroxylation is 1. The number of benzene rings is 1. The van der Waals surface area contributed by atoms with Crippen LogP contribution in [0.3, 0.4) is 0 Å². The lowest BCUT2D eigenvalue weighted by molar-refractivity contribution is -0.152. The van der Waals surface area contributed by atoms with E-state index >= 15 is 0 Å². The number of rotatable bonds is 5. The fourth-order valence-corrected chi connectivity index (χ4v) is 3.55. The molecule has 2 aliphatic heterocycles. The third kappa shape index (κ3) is 2.18. The Labute approximate surface area is 118 Å². The van der Waals surface area contributed by atoms with E-state index in [1.54, 1.807) is 7.11 Å². The number of aliphatic carboxylic acids is 1. The highest BCUT2D eigenvalue weighted by atomic mass is 16.5. The fourth-order valence-electron chi connectivity index (χ4n) is 3.55. The molecule has 4 nitrogen and oxygen atoms in total. The monoisotopic (exact) mass is 276 g/mol. The van der Waals surface area contributed by atoms with Gasteiger partial charge < -0.3 is 14.6 Å². The molecule has 1 N–H and O–H groups in total. The normalized spacial score (nSPS) is 31.4. The molecule has 2 aliphatic rings. The molecule has 3 rings (SSSR count). The van der Waals surface area contributed by atoms with Crippen molar-refractivity contribution in [3.05, 3.63) is 29.8 Å². The molecule has 4 heteroatoms. The van der Waals surface area contributed by atoms with Crippen LogP contribution >= 0.6 is 0 Å². The van der Waals surface area contributed by atoms with Crippen molar-refractivity contribution in [3.8, 4) is 5.75 Å². The Bertz CT molecular complexity index is 496. The van der Waals surface area contributed by atoms with Crippen LogP contribution in [0.15, 0.2) is 24.3 Å². The summed E-state index contributed by atoms with van der Waals surface area (Å²) < 4.78 is 10.9. The first-order valence-electron chi connectivity index (χ1n) is 7.16. The van der Waals surface area contributed by atoms with Gasteiger partial charge in [0.15, 0.2) is 0 Å². The third-order valence-corrected chi connectivity index (χ3v) is 4.76. The molecule has 2 bridgehead atoms. The molecule has 1 aromatic carbocycles. The summed E-state index contributed by atoms with van der Waals surface area (Å²) in [6.07, 6.45) is 4.05. The molecule has 108 valence electrons. The molecular weight excluding hydrogens is 256 g/mol. The van der Waals surface area contributed by atoms with E-state index in [1.807, 2.05) is 24.3 Å². The van der Waals surface area contributed by atoms with Crippen molar-refractivity contribution in [2.24, 2.45) is 5.41 Å². The van der Waals surface area contributed by atoms with Gasteiger partial charge in [0.1, 0.15) is 5.75 Å². The summed E-state index contributed by atoms with van der Waals surface area (Å²) in [6, 6.07) is 7.84. The lowest BCUT2D eigenvalue weighted by Gasteiger charge is -2.31. The zero-order valence-corrected chi connectivity index (χ0v) is 11.7. The van der Waals surface area contributed by atoms with Gasteiger partial charge in [-0.1, -0.05) is 12.1 Å². The van der Waals surface area contributed by atoms with Crippen LogP contribution in [0.25, 0.3) is 0 Å². The van der Waals surface area contributed by atoms with E-state index in [4.69, 9.17) is 9.47 Å². The predicted molar refractivity (Wildman–Crippen MR) is 73.9 cm³/mol. The first kappa shape index (κ1) is 13.4. The van der Waals surface area contributed by atoms with Crippen LogP contribution in [0.2, 0.25) is 0 Å². The Morgan fingerprint density at radius 1 is 1.40 bits per heavy atom. The second kappa shape index (κ2) is 5.09. The summed E-state index contributed by atoms with van der Waals surface area (Å²) in [4.78, 5) is 11.7. The Hall–Kier alpha value is -1.55. The van der Waals surface area contributed by atoms with E-state index in [0.717, 1.165) is 30.6 Å². The summed E-state index contributed by atoms with van der Waals surface area (Å²) in [7, 11) is 1.64. The van der Waals surface area contributed by atoms with Gasteiger partial charge in [0, 0.05) is 0 Å². The highest BCUT2D eigenvalue weighted by Crippen LogP contribution is 2.50. The van der Waals surface area contributed by atoms with Gasteiger partial charge >= 0.3 is 5.97 Å². The molecule has 0 radical (unpaired) electrons. The summed E-state index contributed by atoms with van der Waals surface area (Å²) in [5.41, 5.74) is 0.470. The molecule has 1 aromatic rings. The molecule has 2 fully saturated rings. The summed E-state index contributed by atoms with van der Waals surface area (Å²) in [6.45, 7) is 0. The molecule has 2 heterocycles. The van der Waals surface area contributed by atoms with Gasteiger partial charge in [-0.15, -0.1) is 0 Å². The van der Waals surface area contributed by atoms with E-state index in [0.29, 0.717) is 12.8 Å². The Morgan fingerprint density at radius 2 is 2.15 bits per heavy atom. The molecule has 0 aromatic heterocycles. The highest BCUT2D eigenvalue weighted by molar-refractivity contribution is 5.76. The molecule has 0 spiro atoms. The van der Waals surface area contributed by atoms with E-state index in [-0.39, 0.29) is 12.2 Å². The molecular formula is C16H20O4. The summed E-state index contributed by atoms with van der Waals surface area (Å²) in [5, 5.41) is 9.65. The molecule has 0 amide bonds. The lowest BCUT2D eigenvalue weighted by Crippen LogP contribution is -2.40. The molecule has 3 atom stereocenters. The van der Waals surface area contributed by atoms with Crippen LogP contribution in [-0.4, -0.2) is 30.4 Å². The number of carbonyl (C=O) groups is 1. The number of fused-ring (bicyclic) bond motifs is 2. The van der Waals surface area contributed by atoms with Crippen LogP contribution in [-0.2, 0) is 16.0 Å². The quantitative estimate of drug-likeness (QED) is 0.898. The number of ether oxygens (including phenoxy) is 2. The zero-order chi connectivity index (χ0) is 14.2. The Balaban J connectivity index is 1.70. The highest BCUT2D eigenvalue weighted by Gasteiger charge is 2.56. The Morgan fingerprint density at radius 3 is 2.65 bits per heavy atom. The predicted octanol–water partition coefficient (Wildman–Crippen LogP) is 2.65. The second-order valence-electron chi connectivity index (χ2n) is 5.84. The average molecular weight is 276 g/mol. The van der Waals surface area contributed by atoms with Gasteiger partial charge in [0.2, 0.25) is 0 Å². The van der Waals surface area contributed by atoms with Gasteiger partial charge in [-0.3, -0.25) is 4.79 Å². The van der Waals surface area contributed by atoms with Crippen LogP contribution in [0.1, 0.15) is 31.2 Å². The first-order valence-corrected chi connectivity index (χ1v) is 7.16. The largest absolute Gasteiger partial charge is 0.497 e. The van der Waals surface area contributed by atoms with Crippen LogP contribution in [0, 0.1) is 5.41 Å². The van der Waals surface area contributed by atoms with Crippen molar-refractivity contribution >= 4 is 5.97 Å². The van der Waals surface area contributed by atoms with Gasteiger partial charge in [0.25, 0.3) is 0 Å². The van der Waals surface area contributed by atoms with Crippen LogP contribution < -0.4 is 4.74 Å². The number of hydrogen-bond acceptors (Lipinski definition) is 3. The molecule has 20 heavy (non-hydrogen) atoms. The number of carboxylic acid groups (broad SMARTS) is 1. The van der Waals surface area contributed by atoms with Gasteiger partial charge in [-0.25, -0.2) is 0 Å². The SMILES string of the molecule is COc1ccc(CCC2(C(=O)O)CC3CCC2O3)cc1. The lowest BCUT2D eigenvalue weighted by atomic mass is 9.70. The maximum absolute atomic E-state index is 11.7. The summed E-state index contributed by atoms with van der Waals surface area (Å²) in [5.74, 6) is 0.128. The molecule has 0 aliphatic carbocycles. The second-order valence-corrected chi connectivity index (χ2v) is 5.84. The van der Waals surface area contributed by atoms with Crippen molar-refractivity contribution in [3.63, 3.8) is 0 Å². The van der Waals surface area contributed by atoms with Crippen molar-refractivity contribution < 1.29 is 19.4 Å². The number of methoxy groups -OCH3 is 1. The summed E-state index contributed by atoms with van der Waals surface area (Å²) >= 11 is 0. The maximum atomic E-state index is 11.7. The third-order valence-electron chi connectivity index (χ3n) is 4.76. The standard InChI is InChI=1S/C16H20O4/c1-19-12-4-2-11(3-5-12)8-9-16(15(17)18)10-13-6-7-14(16)20-13/h2-5,13-14H,6-10H2,1H3,(H,17,18). The molecule has 2 saturated heterocycles. The van der Waals surface area contributed by atoms with Crippen LogP contribution in [0.4, 0.5) is 0 Å². The number of carboxylic acids is 1. The van der Waals surface area contributed by atoms with E-state index in [1.165, 1.54) is 0 Å². The fraction of sp³-hybridized carbons (Fsp3) is 0.562. The minimum absolute atomic E-state index is 0.0942. The molecule has 3 unspecified atom stereocenters. The smallest absolute Gasteiger partial charge is 0.312 e. The van der Waals surface area contributed by atoms with Gasteiger partial charge in [-0.05, 0) is 49.8 Å². The van der Waals surface area contributed by atoms with E-state index < -0.39 is 11.4 Å². The average Bonchev–Trinajstić information content (AvgIpc) is 3.07. The zero-order valence-electron chi connectivity index (χ0n) is 11.7. The minimum atomic E-state index is -0.696. The maximum Gasteiger partial charge on any atom is 0.312 e. The Kier molecular flexibility index (Phi) is 3.42. The van der Waals surface area contributed by atoms with Crippen molar-refractivity contribution in [2.75, 3.05) is 7.11 Å². The van der Waals surface area contributed by atoms with Gasteiger partial charge in [0.05, 0.1) is 24.7 Å². The van der Waals surface area contributed by atoms with Crippen molar-refractivity contribution in [1.29, 1.82) is 0 Å². The topological polar surface area (TPSA) is 55.8 Å². The molecule has 0 saturated carbocycles. The van der Waals surface area contributed by atoms with Crippen molar-refractivity contribution in [1.82, 2.24) is 0 Å².